The van der Waals surface area contributed by atoms with E-state index in [2.05, 4.69) is 4.90 Å². The average Bonchev–Trinajstić information content (AvgIpc) is 2.92. The Hall–Kier alpha value is -1.18. The second-order valence-corrected chi connectivity index (χ2v) is 5.50. The lowest BCUT2D eigenvalue weighted by Crippen LogP contribution is -2.37. The molecular formula is C12H21N3O4. The van der Waals surface area contributed by atoms with E-state index >= 15 is 0 Å². The minimum absolute atomic E-state index is 0.0336. The molecule has 0 aromatic carbocycles. The van der Waals surface area contributed by atoms with Crippen molar-refractivity contribution in [2.75, 3.05) is 27.2 Å². The molecule has 3 N–H and O–H groups in total. The van der Waals surface area contributed by atoms with Crippen molar-refractivity contribution >= 4 is 11.9 Å². The van der Waals surface area contributed by atoms with Crippen LogP contribution in [-0.4, -0.2) is 78.3 Å². The van der Waals surface area contributed by atoms with Crippen LogP contribution in [0.1, 0.15) is 12.8 Å². The van der Waals surface area contributed by atoms with Crippen LogP contribution in [0.2, 0.25) is 0 Å². The maximum atomic E-state index is 10.8. The van der Waals surface area contributed by atoms with Gasteiger partial charge in [0.2, 0.25) is 5.91 Å². The number of nitrogens with zero attached hydrogens (tertiary/aromatic N) is 2. The molecule has 4 atom stereocenters. The molecule has 0 saturated carbocycles. The van der Waals surface area contributed by atoms with Gasteiger partial charge in [0.15, 0.2) is 0 Å². The SMILES string of the molecule is CN1C[C@@H](O)C[C@H]1C(N)=O.CN1C[C@@H]2C[C@H]1C(=O)O2. The lowest BCUT2D eigenvalue weighted by molar-refractivity contribution is -0.150. The predicted molar refractivity (Wildman–Crippen MR) is 67.2 cm³/mol. The third-order valence-corrected chi connectivity index (χ3v) is 3.92. The number of β-amino-alcohol motifs (C(OH)–C–C–N with tert-alkyl or cyclic N) is 1. The number of aliphatic hydroxyl groups excluding tert-OH is 1. The maximum absolute atomic E-state index is 10.8. The van der Waals surface area contributed by atoms with Crippen molar-refractivity contribution in [1.82, 2.24) is 9.80 Å². The third-order valence-electron chi connectivity index (χ3n) is 3.92. The number of amides is 1. The zero-order chi connectivity index (χ0) is 14.2. The van der Waals surface area contributed by atoms with Gasteiger partial charge in [0.1, 0.15) is 12.1 Å². The number of esters is 1. The molecule has 0 unspecified atom stereocenters. The molecule has 19 heavy (non-hydrogen) atoms. The third kappa shape index (κ3) is 3.05. The summed E-state index contributed by atoms with van der Waals surface area (Å²) in [6, 6.07) is -0.190. The van der Waals surface area contributed by atoms with Gasteiger partial charge in [-0.25, -0.2) is 0 Å². The quantitative estimate of drug-likeness (QED) is 0.544. The molecule has 0 aromatic rings. The van der Waals surface area contributed by atoms with Crippen molar-refractivity contribution in [2.45, 2.75) is 37.1 Å². The molecule has 3 heterocycles. The fraction of sp³-hybridized carbons (Fsp3) is 0.833. The summed E-state index contributed by atoms with van der Waals surface area (Å²) in [5.41, 5.74) is 5.06. The summed E-state index contributed by atoms with van der Waals surface area (Å²) < 4.78 is 4.95. The van der Waals surface area contributed by atoms with Gasteiger partial charge in [0.05, 0.1) is 12.1 Å². The number of ether oxygens (including phenoxy) is 1. The molecule has 3 aliphatic heterocycles. The normalized spacial score (nSPS) is 37.9. The van der Waals surface area contributed by atoms with Crippen molar-refractivity contribution in [3.63, 3.8) is 0 Å². The van der Waals surface area contributed by atoms with Crippen molar-refractivity contribution in [1.29, 1.82) is 0 Å². The fourth-order valence-corrected chi connectivity index (χ4v) is 2.86. The number of aliphatic hydroxyl groups is 1. The Bertz CT molecular complexity index is 376. The van der Waals surface area contributed by atoms with E-state index in [1.54, 1.807) is 11.9 Å². The summed E-state index contributed by atoms with van der Waals surface area (Å²) in [5.74, 6) is -0.382. The number of hydrogen-bond donors (Lipinski definition) is 2. The van der Waals surface area contributed by atoms with Gasteiger partial charge in [0.25, 0.3) is 0 Å². The Morgan fingerprint density at radius 3 is 2.26 bits per heavy atom. The molecule has 3 fully saturated rings. The molecule has 7 nitrogen and oxygen atoms in total. The minimum Gasteiger partial charge on any atom is -0.460 e. The maximum Gasteiger partial charge on any atom is 0.323 e. The Morgan fingerprint density at radius 1 is 1.32 bits per heavy atom. The molecular weight excluding hydrogens is 250 g/mol. The first-order valence-electron chi connectivity index (χ1n) is 6.47. The highest BCUT2D eigenvalue weighted by molar-refractivity contribution is 5.80. The zero-order valence-corrected chi connectivity index (χ0v) is 11.3. The highest BCUT2D eigenvalue weighted by Crippen LogP contribution is 2.26. The number of carbonyl (C=O) groups is 2. The van der Waals surface area contributed by atoms with Crippen molar-refractivity contribution in [3.8, 4) is 0 Å². The number of nitrogens with two attached hydrogens (primary N) is 1. The first-order valence-corrected chi connectivity index (χ1v) is 6.47. The smallest absolute Gasteiger partial charge is 0.323 e. The van der Waals surface area contributed by atoms with Gasteiger partial charge in [-0.15, -0.1) is 0 Å². The molecule has 0 radical (unpaired) electrons. The van der Waals surface area contributed by atoms with Gasteiger partial charge in [0, 0.05) is 19.5 Å². The summed E-state index contributed by atoms with van der Waals surface area (Å²) >= 11 is 0. The van der Waals surface area contributed by atoms with Crippen LogP contribution in [-0.2, 0) is 14.3 Å². The van der Waals surface area contributed by atoms with Crippen LogP contribution in [0.25, 0.3) is 0 Å². The van der Waals surface area contributed by atoms with Crippen molar-refractivity contribution in [2.24, 2.45) is 5.73 Å². The Morgan fingerprint density at radius 2 is 2.00 bits per heavy atom. The standard InChI is InChI=1S/C6H12N2O2.C6H9NO2/c1-8-3-4(9)2-5(8)6(7)10;1-7-3-4-2-5(7)6(8)9-4/h4-5,9H,2-3H2,1H3,(H2,7,10);4-5H,2-3H2,1H3/t2*4-,5-/m00/s1. The number of primary amides is 1. The lowest BCUT2D eigenvalue weighted by Gasteiger charge is -2.19. The summed E-state index contributed by atoms with van der Waals surface area (Å²) in [5, 5.41) is 9.07. The van der Waals surface area contributed by atoms with Crippen molar-refractivity contribution in [3.05, 3.63) is 0 Å². The molecule has 3 rings (SSSR count). The summed E-state index contributed by atoms with van der Waals surface area (Å²) in [6.07, 6.45) is 1.20. The van der Waals surface area contributed by atoms with E-state index in [9.17, 15) is 9.59 Å². The van der Waals surface area contributed by atoms with Gasteiger partial charge < -0.3 is 15.6 Å². The molecule has 3 saturated heterocycles. The Labute approximate surface area is 112 Å². The number of carbonyl (C=O) groups excluding carboxylic acids is 2. The van der Waals surface area contributed by atoms with E-state index in [1.807, 2.05) is 7.05 Å². The molecule has 3 aliphatic rings. The van der Waals surface area contributed by atoms with E-state index in [0.29, 0.717) is 13.0 Å². The van der Waals surface area contributed by atoms with Crippen LogP contribution < -0.4 is 5.73 Å². The van der Waals surface area contributed by atoms with E-state index in [-0.39, 0.29) is 36.2 Å². The lowest BCUT2D eigenvalue weighted by atomic mass is 10.2. The number of morpholine rings is 1. The van der Waals surface area contributed by atoms with E-state index < -0.39 is 0 Å². The highest BCUT2D eigenvalue weighted by Gasteiger charge is 2.44. The number of rotatable bonds is 1. The van der Waals surface area contributed by atoms with Crippen LogP contribution in [0.3, 0.4) is 0 Å². The fourth-order valence-electron chi connectivity index (χ4n) is 2.86. The van der Waals surface area contributed by atoms with Gasteiger partial charge in [-0.2, -0.15) is 0 Å². The predicted octanol–water partition coefficient (Wildman–Crippen LogP) is -1.85. The van der Waals surface area contributed by atoms with Crippen LogP contribution >= 0.6 is 0 Å². The van der Waals surface area contributed by atoms with Gasteiger partial charge in [-0.05, 0) is 20.5 Å². The monoisotopic (exact) mass is 271 g/mol. The van der Waals surface area contributed by atoms with E-state index in [4.69, 9.17) is 15.6 Å². The zero-order valence-electron chi connectivity index (χ0n) is 11.3. The van der Waals surface area contributed by atoms with Crippen LogP contribution in [0.4, 0.5) is 0 Å². The topological polar surface area (TPSA) is 96.1 Å². The molecule has 2 bridgehead atoms. The number of hydrogen-bond acceptors (Lipinski definition) is 6. The first-order chi connectivity index (χ1) is 8.88. The summed E-state index contributed by atoms with van der Waals surface area (Å²) in [7, 11) is 3.75. The molecule has 108 valence electrons. The molecule has 0 aromatic heterocycles. The first kappa shape index (κ1) is 14.2. The summed E-state index contributed by atoms with van der Waals surface area (Å²) in [6.45, 7) is 1.48. The van der Waals surface area contributed by atoms with Crippen LogP contribution in [0, 0.1) is 0 Å². The number of fused-ring (bicyclic) bond motifs is 2. The molecule has 0 spiro atoms. The van der Waals surface area contributed by atoms with Crippen molar-refractivity contribution < 1.29 is 19.4 Å². The minimum atomic E-state index is -0.387. The highest BCUT2D eigenvalue weighted by atomic mass is 16.6. The number of likely N-dealkylation sites (tertiary alicyclic amines) is 2. The van der Waals surface area contributed by atoms with Gasteiger partial charge in [-0.1, -0.05) is 0 Å². The van der Waals surface area contributed by atoms with Crippen LogP contribution in [0.5, 0.6) is 0 Å². The Kier molecular flexibility index (Phi) is 4.07. The van der Waals surface area contributed by atoms with Gasteiger partial charge in [-0.3, -0.25) is 19.4 Å². The summed E-state index contributed by atoms with van der Waals surface area (Å²) in [4.78, 5) is 25.2. The Balaban J connectivity index is 0.000000141. The second kappa shape index (κ2) is 5.44. The van der Waals surface area contributed by atoms with E-state index in [1.165, 1.54) is 0 Å². The van der Waals surface area contributed by atoms with Crippen LogP contribution in [0.15, 0.2) is 0 Å². The molecule has 1 amide bonds. The van der Waals surface area contributed by atoms with E-state index in [0.717, 1.165) is 13.0 Å². The number of likely N-dealkylation sites (N-methyl/N-ethyl adjacent to an activating group) is 2. The van der Waals surface area contributed by atoms with Gasteiger partial charge >= 0.3 is 5.97 Å². The molecule has 0 aliphatic carbocycles. The second-order valence-electron chi connectivity index (χ2n) is 5.50. The average molecular weight is 271 g/mol. The largest absolute Gasteiger partial charge is 0.460 e. The molecule has 7 heteroatoms.